The molecule has 4 atom stereocenters. The fourth-order valence-corrected chi connectivity index (χ4v) is 5.01. The van der Waals surface area contributed by atoms with Crippen molar-refractivity contribution < 1.29 is 34.1 Å². The zero-order valence-corrected chi connectivity index (χ0v) is 26.4. The lowest BCUT2D eigenvalue weighted by atomic mass is 9.90. The third-order valence-corrected chi connectivity index (χ3v) is 7.68. The molecule has 0 aromatic carbocycles. The summed E-state index contributed by atoms with van der Waals surface area (Å²) < 4.78 is 10.5. The third-order valence-electron chi connectivity index (χ3n) is 7.68. The number of carbonyl (C=O) groups is 3. The number of ether oxygens (including phenoxy) is 2. The molecule has 0 aromatic heterocycles. The molecule has 0 saturated heterocycles. The molecule has 0 fully saturated rings. The number of esters is 2. The van der Waals surface area contributed by atoms with E-state index in [4.69, 9.17) is 9.47 Å². The van der Waals surface area contributed by atoms with Gasteiger partial charge < -0.3 is 19.7 Å². The summed E-state index contributed by atoms with van der Waals surface area (Å²) in [6.45, 7) is 3.82. The lowest BCUT2D eigenvalue weighted by Gasteiger charge is -2.15. The van der Waals surface area contributed by atoms with Crippen molar-refractivity contribution in [3.05, 3.63) is 36.5 Å². The first-order valence-corrected chi connectivity index (χ1v) is 16.6. The van der Waals surface area contributed by atoms with Crippen molar-refractivity contribution in [2.45, 2.75) is 142 Å². The van der Waals surface area contributed by atoms with Gasteiger partial charge in [0.1, 0.15) is 6.61 Å². The van der Waals surface area contributed by atoms with Gasteiger partial charge in [0.05, 0.1) is 12.7 Å². The highest BCUT2D eigenvalue weighted by Crippen LogP contribution is 2.27. The monoisotopic (exact) mass is 590 g/mol. The minimum absolute atomic E-state index is 0.0702. The van der Waals surface area contributed by atoms with Gasteiger partial charge in [-0.2, -0.15) is 0 Å². The van der Waals surface area contributed by atoms with Crippen LogP contribution in [0.3, 0.4) is 0 Å². The maximum Gasteiger partial charge on any atom is 0.306 e. The number of aliphatic hydroxyl groups excluding tert-OH is 2. The highest BCUT2D eigenvalue weighted by atomic mass is 16.6. The summed E-state index contributed by atoms with van der Waals surface area (Å²) in [4.78, 5) is 36.4. The molecule has 240 valence electrons. The number of unbranched alkanes of at least 4 members (excludes halogenated alkanes) is 11. The highest BCUT2D eigenvalue weighted by Gasteiger charge is 2.27. The van der Waals surface area contributed by atoms with Gasteiger partial charge in [-0.15, -0.1) is 0 Å². The molecular weight excluding hydrogens is 532 g/mol. The van der Waals surface area contributed by atoms with Crippen molar-refractivity contribution in [2.24, 2.45) is 11.8 Å². The van der Waals surface area contributed by atoms with E-state index < -0.39 is 24.8 Å². The molecule has 7 heteroatoms. The molecule has 0 aromatic rings. The molecule has 0 spiro atoms. The van der Waals surface area contributed by atoms with Crippen LogP contribution in [0, 0.1) is 11.8 Å². The zero-order chi connectivity index (χ0) is 30.8. The largest absolute Gasteiger partial charge is 0.462 e. The van der Waals surface area contributed by atoms with Crippen LogP contribution in [0.15, 0.2) is 36.5 Å². The van der Waals surface area contributed by atoms with Gasteiger partial charge in [0.25, 0.3) is 0 Å². The van der Waals surface area contributed by atoms with Crippen molar-refractivity contribution in [3.63, 3.8) is 0 Å². The Morgan fingerprint density at radius 2 is 1.52 bits per heavy atom. The predicted molar refractivity (Wildman–Crippen MR) is 168 cm³/mol. The summed E-state index contributed by atoms with van der Waals surface area (Å²) >= 11 is 0. The lowest BCUT2D eigenvalue weighted by molar-refractivity contribution is -0.161. The topological polar surface area (TPSA) is 110 Å². The maximum atomic E-state index is 12.2. The Morgan fingerprint density at radius 1 is 0.881 bits per heavy atom. The molecule has 42 heavy (non-hydrogen) atoms. The van der Waals surface area contributed by atoms with Gasteiger partial charge in [-0.1, -0.05) is 115 Å². The molecule has 0 unspecified atom stereocenters. The van der Waals surface area contributed by atoms with Crippen molar-refractivity contribution in [3.8, 4) is 0 Å². The molecule has 0 radical (unpaired) electrons. The van der Waals surface area contributed by atoms with E-state index in [2.05, 4.69) is 13.8 Å². The second kappa shape index (κ2) is 25.3. The molecule has 0 heterocycles. The maximum absolute atomic E-state index is 12.2. The van der Waals surface area contributed by atoms with E-state index in [1.54, 1.807) is 12.2 Å². The van der Waals surface area contributed by atoms with Crippen LogP contribution in [0.2, 0.25) is 0 Å². The Bertz CT molecular complexity index is 816. The zero-order valence-electron chi connectivity index (χ0n) is 26.4. The van der Waals surface area contributed by atoms with E-state index >= 15 is 0 Å². The first-order chi connectivity index (χ1) is 20.4. The van der Waals surface area contributed by atoms with Gasteiger partial charge in [-0.25, -0.2) is 0 Å². The Balaban J connectivity index is 2.18. The van der Waals surface area contributed by atoms with E-state index in [9.17, 15) is 24.6 Å². The Kier molecular flexibility index (Phi) is 22.7. The molecule has 7 nitrogen and oxygen atoms in total. The SMILES string of the molecule is CCCCCCCCCCCC(=O)OC[C@H](CO)OC(=O)CCC/C=C\C[C@H]1C=CC(=O)[C@@H]1/C=C/[C@@H](O)CCCCC. The number of hydrogen-bond donors (Lipinski definition) is 2. The van der Waals surface area contributed by atoms with Crippen LogP contribution in [0.4, 0.5) is 0 Å². The number of carbonyl (C=O) groups excluding carboxylic acids is 3. The predicted octanol–water partition coefficient (Wildman–Crippen LogP) is 7.34. The molecular formula is C35H58O7. The lowest BCUT2D eigenvalue weighted by Crippen LogP contribution is -2.28. The van der Waals surface area contributed by atoms with Crippen LogP contribution >= 0.6 is 0 Å². The second-order valence-corrected chi connectivity index (χ2v) is 11.6. The first-order valence-electron chi connectivity index (χ1n) is 16.6. The smallest absolute Gasteiger partial charge is 0.306 e. The quantitative estimate of drug-likeness (QED) is 0.0616. The van der Waals surface area contributed by atoms with Gasteiger partial charge >= 0.3 is 11.9 Å². The number of hydrogen-bond acceptors (Lipinski definition) is 7. The van der Waals surface area contributed by atoms with E-state index in [0.717, 1.165) is 44.9 Å². The molecule has 0 bridgehead atoms. The number of aliphatic hydroxyl groups is 2. The fraction of sp³-hybridized carbons (Fsp3) is 0.743. The summed E-state index contributed by atoms with van der Waals surface area (Å²) in [5.74, 6) is -0.839. The minimum atomic E-state index is -0.845. The second-order valence-electron chi connectivity index (χ2n) is 11.6. The van der Waals surface area contributed by atoms with Gasteiger partial charge in [-0.05, 0) is 44.1 Å². The fourth-order valence-electron chi connectivity index (χ4n) is 5.01. The standard InChI is InChI=1S/C35H58O7/c1-3-5-7-8-9-10-11-12-17-21-34(39)41-28-31(27-36)42-35(40)22-18-14-13-16-19-29-23-26-33(38)32(29)25-24-30(37)20-15-6-4-2/h13,16,23-26,29-32,36-37H,3-12,14-15,17-22,27-28H2,1-2H3/b16-13-,25-24+/t29-,30-,31-,32+/m0/s1. The first kappa shape index (κ1) is 37.8. The van der Waals surface area contributed by atoms with Gasteiger partial charge in [0.15, 0.2) is 11.9 Å². The number of rotatable bonds is 26. The van der Waals surface area contributed by atoms with E-state index in [0.29, 0.717) is 25.7 Å². The highest BCUT2D eigenvalue weighted by molar-refractivity contribution is 5.95. The van der Waals surface area contributed by atoms with E-state index in [-0.39, 0.29) is 36.6 Å². The van der Waals surface area contributed by atoms with Crippen LogP contribution in [0.25, 0.3) is 0 Å². The molecule has 0 saturated carbocycles. The van der Waals surface area contributed by atoms with E-state index in [1.807, 2.05) is 24.3 Å². The summed E-state index contributed by atoms with van der Waals surface area (Å²) in [7, 11) is 0. The Labute approximate surface area is 254 Å². The van der Waals surface area contributed by atoms with Crippen molar-refractivity contribution >= 4 is 17.7 Å². The van der Waals surface area contributed by atoms with Crippen molar-refractivity contribution in [1.29, 1.82) is 0 Å². The molecule has 2 N–H and O–H groups in total. The van der Waals surface area contributed by atoms with Crippen LogP contribution in [0.5, 0.6) is 0 Å². The minimum Gasteiger partial charge on any atom is -0.462 e. The Hall–Kier alpha value is -2.25. The molecule has 1 aliphatic rings. The van der Waals surface area contributed by atoms with Gasteiger partial charge in [0.2, 0.25) is 0 Å². The molecule has 0 aliphatic heterocycles. The van der Waals surface area contributed by atoms with Crippen LogP contribution in [-0.2, 0) is 23.9 Å². The summed E-state index contributed by atoms with van der Waals surface area (Å²) in [5, 5.41) is 19.6. The third kappa shape index (κ3) is 19.0. The van der Waals surface area contributed by atoms with Crippen LogP contribution < -0.4 is 0 Å². The summed E-state index contributed by atoms with van der Waals surface area (Å²) in [6, 6.07) is 0. The number of allylic oxidation sites excluding steroid dienone is 5. The molecule has 1 aliphatic carbocycles. The number of ketones is 1. The van der Waals surface area contributed by atoms with Crippen LogP contribution in [-0.4, -0.2) is 53.4 Å². The van der Waals surface area contributed by atoms with Crippen LogP contribution in [0.1, 0.15) is 129 Å². The molecule has 0 amide bonds. The van der Waals surface area contributed by atoms with E-state index in [1.165, 1.54) is 38.5 Å². The summed E-state index contributed by atoms with van der Waals surface area (Å²) in [6.07, 6.45) is 26.8. The average molecular weight is 591 g/mol. The van der Waals surface area contributed by atoms with Gasteiger partial charge in [-0.3, -0.25) is 14.4 Å². The molecule has 1 rings (SSSR count). The van der Waals surface area contributed by atoms with Gasteiger partial charge in [0, 0.05) is 18.8 Å². The Morgan fingerprint density at radius 3 is 2.21 bits per heavy atom. The van der Waals surface area contributed by atoms with Crippen molar-refractivity contribution in [2.75, 3.05) is 13.2 Å². The summed E-state index contributed by atoms with van der Waals surface area (Å²) in [5.41, 5.74) is 0. The van der Waals surface area contributed by atoms with Crippen molar-refractivity contribution in [1.82, 2.24) is 0 Å². The average Bonchev–Trinajstić information content (AvgIpc) is 3.33. The normalized spacial score (nSPS) is 18.2.